The van der Waals surface area contributed by atoms with Gasteiger partial charge in [-0.3, -0.25) is 9.69 Å². The van der Waals surface area contributed by atoms with E-state index in [4.69, 9.17) is 20.8 Å². The average molecular weight is 427 g/mol. The van der Waals surface area contributed by atoms with Crippen LogP contribution in [0.25, 0.3) is 0 Å². The molecule has 1 aliphatic rings. The van der Waals surface area contributed by atoms with E-state index in [1.54, 1.807) is 0 Å². The molecule has 1 unspecified atom stereocenters. The fourth-order valence-electron chi connectivity index (χ4n) is 3.50. The lowest BCUT2D eigenvalue weighted by atomic mass is 10.1. The Morgan fingerprint density at radius 1 is 1.21 bits per heavy atom. The van der Waals surface area contributed by atoms with Crippen LogP contribution in [0.4, 0.5) is 0 Å². The predicted octanol–water partition coefficient (Wildman–Crippen LogP) is 4.61. The minimum atomic E-state index is -0.146. The first-order chi connectivity index (χ1) is 12.9. The van der Waals surface area contributed by atoms with Crippen molar-refractivity contribution in [1.82, 2.24) is 10.2 Å². The average Bonchev–Trinajstić information content (AvgIpc) is 3.30. The van der Waals surface area contributed by atoms with Crippen molar-refractivity contribution < 1.29 is 13.9 Å². The quantitative estimate of drug-likeness (QED) is 0.701. The first kappa shape index (κ1) is 22.6. The number of nitrogens with zero attached hydrogens (tertiary/aromatic N) is 1. The molecule has 154 valence electrons. The van der Waals surface area contributed by atoms with Gasteiger partial charge in [0.05, 0.1) is 6.04 Å². The lowest BCUT2D eigenvalue weighted by molar-refractivity contribution is -0.123. The van der Waals surface area contributed by atoms with Crippen molar-refractivity contribution in [3.8, 4) is 5.75 Å². The molecule has 2 aromatic rings. The number of hydrogen-bond donors (Lipinski definition) is 1. The number of ether oxygens (including phenoxy) is 1. The second-order valence-corrected chi connectivity index (χ2v) is 7.55. The number of furan rings is 1. The van der Waals surface area contributed by atoms with Gasteiger partial charge in [0, 0.05) is 11.6 Å². The Hall–Kier alpha value is -1.69. The zero-order valence-corrected chi connectivity index (χ0v) is 18.2. The normalized spacial score (nSPS) is 15.1. The lowest BCUT2D eigenvalue weighted by Gasteiger charge is -2.26. The van der Waals surface area contributed by atoms with E-state index < -0.39 is 0 Å². The van der Waals surface area contributed by atoms with Gasteiger partial charge in [-0.1, -0.05) is 11.6 Å². The molecule has 1 atom stereocenters. The van der Waals surface area contributed by atoms with E-state index in [9.17, 15) is 4.79 Å². The van der Waals surface area contributed by atoms with Crippen LogP contribution in [-0.2, 0) is 4.79 Å². The standard InChI is InChI=1S/C21H27ClN2O3.ClH/c1-14-10-17(11-15(2)21(14)22)26-13-20(25)23-12-18(24-8-4-5-9-24)19-7-6-16(3)27-19;/h6-7,10-11,18H,4-5,8-9,12-13H2,1-3H3,(H,23,25);1H. The molecule has 1 aromatic heterocycles. The van der Waals surface area contributed by atoms with Crippen molar-refractivity contribution in [2.45, 2.75) is 39.7 Å². The third-order valence-electron chi connectivity index (χ3n) is 4.94. The zero-order valence-electron chi connectivity index (χ0n) is 16.6. The number of halogens is 2. The van der Waals surface area contributed by atoms with Gasteiger partial charge < -0.3 is 14.5 Å². The summed E-state index contributed by atoms with van der Waals surface area (Å²) in [6.07, 6.45) is 2.37. The lowest BCUT2D eigenvalue weighted by Crippen LogP contribution is -2.38. The second kappa shape index (κ2) is 10.2. The molecular formula is C21H28Cl2N2O3. The first-order valence-electron chi connectivity index (χ1n) is 9.40. The van der Waals surface area contributed by atoms with Crippen LogP contribution >= 0.6 is 24.0 Å². The number of amides is 1. The summed E-state index contributed by atoms with van der Waals surface area (Å²) in [4.78, 5) is 14.7. The Bertz CT molecular complexity index is 778. The van der Waals surface area contributed by atoms with E-state index in [-0.39, 0.29) is 31.0 Å². The number of nitrogens with one attached hydrogen (secondary N) is 1. The summed E-state index contributed by atoms with van der Waals surface area (Å²) in [5.74, 6) is 2.30. The highest BCUT2D eigenvalue weighted by atomic mass is 35.5. The largest absolute Gasteiger partial charge is 0.484 e. The molecule has 5 nitrogen and oxygen atoms in total. The maximum atomic E-state index is 12.3. The molecule has 7 heteroatoms. The third-order valence-corrected chi connectivity index (χ3v) is 5.54. The summed E-state index contributed by atoms with van der Waals surface area (Å²) in [5, 5.41) is 3.72. The minimum absolute atomic E-state index is 0. The Labute approximate surface area is 177 Å². The number of rotatable bonds is 7. The number of benzene rings is 1. The summed E-state index contributed by atoms with van der Waals surface area (Å²) >= 11 is 6.17. The highest BCUT2D eigenvalue weighted by molar-refractivity contribution is 6.32. The molecule has 0 aliphatic carbocycles. The van der Waals surface area contributed by atoms with Crippen molar-refractivity contribution in [2.24, 2.45) is 0 Å². The summed E-state index contributed by atoms with van der Waals surface area (Å²) in [6.45, 7) is 8.33. The number of carbonyl (C=O) groups excluding carboxylic acids is 1. The van der Waals surface area contributed by atoms with Crippen molar-refractivity contribution in [3.05, 3.63) is 51.9 Å². The molecular weight excluding hydrogens is 399 g/mol. The third kappa shape index (κ3) is 5.66. The highest BCUT2D eigenvalue weighted by Crippen LogP contribution is 2.27. The van der Waals surface area contributed by atoms with Crippen molar-refractivity contribution in [1.29, 1.82) is 0 Å². The van der Waals surface area contributed by atoms with Crippen molar-refractivity contribution in [2.75, 3.05) is 26.2 Å². The molecule has 1 saturated heterocycles. The van der Waals surface area contributed by atoms with E-state index in [0.29, 0.717) is 12.3 Å². The first-order valence-corrected chi connectivity index (χ1v) is 9.78. The summed E-state index contributed by atoms with van der Waals surface area (Å²) in [7, 11) is 0. The van der Waals surface area contributed by atoms with E-state index in [1.807, 2.05) is 45.0 Å². The predicted molar refractivity (Wildman–Crippen MR) is 114 cm³/mol. The minimum Gasteiger partial charge on any atom is -0.484 e. The van der Waals surface area contributed by atoms with Crippen LogP contribution in [-0.4, -0.2) is 37.0 Å². The van der Waals surface area contributed by atoms with E-state index in [1.165, 1.54) is 12.8 Å². The topological polar surface area (TPSA) is 54.7 Å². The maximum absolute atomic E-state index is 12.3. The summed E-state index contributed by atoms with van der Waals surface area (Å²) in [6, 6.07) is 7.72. The summed E-state index contributed by atoms with van der Waals surface area (Å²) in [5.41, 5.74) is 1.88. The molecule has 1 N–H and O–H groups in total. The number of aryl methyl sites for hydroxylation is 3. The monoisotopic (exact) mass is 426 g/mol. The van der Waals surface area contributed by atoms with Crippen LogP contribution in [0.5, 0.6) is 5.75 Å². The Kier molecular flexibility index (Phi) is 8.23. The maximum Gasteiger partial charge on any atom is 0.258 e. The molecule has 1 fully saturated rings. The molecule has 0 bridgehead atoms. The SMILES string of the molecule is Cc1ccc(C(CNC(=O)COc2cc(C)c(Cl)c(C)c2)N2CCCC2)o1.Cl. The van der Waals surface area contributed by atoms with Crippen LogP contribution in [0.15, 0.2) is 28.7 Å². The van der Waals surface area contributed by atoms with E-state index in [2.05, 4.69) is 10.2 Å². The fourth-order valence-corrected chi connectivity index (χ4v) is 3.60. The Balaban J connectivity index is 0.00000280. The number of hydrogen-bond acceptors (Lipinski definition) is 4. The second-order valence-electron chi connectivity index (χ2n) is 7.17. The molecule has 0 saturated carbocycles. The van der Waals surface area contributed by atoms with Crippen molar-refractivity contribution >= 4 is 29.9 Å². The highest BCUT2D eigenvalue weighted by Gasteiger charge is 2.26. The smallest absolute Gasteiger partial charge is 0.258 e. The summed E-state index contributed by atoms with van der Waals surface area (Å²) < 4.78 is 11.5. The molecule has 3 rings (SSSR count). The van der Waals surface area contributed by atoms with Gasteiger partial charge in [-0.25, -0.2) is 0 Å². The van der Waals surface area contributed by atoms with Gasteiger partial charge in [0.1, 0.15) is 17.3 Å². The fraction of sp³-hybridized carbons (Fsp3) is 0.476. The molecule has 0 spiro atoms. The Morgan fingerprint density at radius 2 is 1.86 bits per heavy atom. The van der Waals surface area contributed by atoms with Gasteiger partial charge >= 0.3 is 0 Å². The van der Waals surface area contributed by atoms with E-state index in [0.717, 1.165) is 40.8 Å². The van der Waals surface area contributed by atoms with Crippen LogP contribution < -0.4 is 10.1 Å². The number of carbonyl (C=O) groups is 1. The molecule has 0 radical (unpaired) electrons. The van der Waals surface area contributed by atoms with Crippen LogP contribution in [0.2, 0.25) is 5.02 Å². The Morgan fingerprint density at radius 3 is 2.43 bits per heavy atom. The van der Waals surface area contributed by atoms with Crippen molar-refractivity contribution in [3.63, 3.8) is 0 Å². The molecule has 1 aliphatic heterocycles. The molecule has 28 heavy (non-hydrogen) atoms. The van der Waals surface area contributed by atoms with Gasteiger partial charge in [0.2, 0.25) is 0 Å². The van der Waals surface area contributed by atoms with Gasteiger partial charge in [-0.2, -0.15) is 0 Å². The van der Waals surface area contributed by atoms with Crippen LogP contribution in [0.1, 0.15) is 41.5 Å². The van der Waals surface area contributed by atoms with Gasteiger partial charge in [-0.05, 0) is 82.1 Å². The van der Waals surface area contributed by atoms with E-state index >= 15 is 0 Å². The molecule has 1 aromatic carbocycles. The number of likely N-dealkylation sites (tertiary alicyclic amines) is 1. The van der Waals surface area contributed by atoms with Crippen LogP contribution in [0.3, 0.4) is 0 Å². The molecule has 1 amide bonds. The zero-order chi connectivity index (χ0) is 19.4. The van der Waals surface area contributed by atoms with Gasteiger partial charge in [-0.15, -0.1) is 12.4 Å². The van der Waals surface area contributed by atoms with Crippen LogP contribution in [0, 0.1) is 20.8 Å². The van der Waals surface area contributed by atoms with Gasteiger partial charge in [0.15, 0.2) is 6.61 Å². The van der Waals surface area contributed by atoms with Gasteiger partial charge in [0.25, 0.3) is 5.91 Å². The molecule has 2 heterocycles.